The van der Waals surface area contributed by atoms with Gasteiger partial charge in [-0.05, 0) is 36.2 Å². The van der Waals surface area contributed by atoms with E-state index in [0.29, 0.717) is 29.4 Å². The van der Waals surface area contributed by atoms with Crippen molar-refractivity contribution in [3.05, 3.63) is 58.6 Å². The minimum absolute atomic E-state index is 0.195. The highest BCUT2D eigenvalue weighted by molar-refractivity contribution is 6.33. The molecule has 0 aliphatic carbocycles. The van der Waals surface area contributed by atoms with Gasteiger partial charge in [-0.1, -0.05) is 29.8 Å². The summed E-state index contributed by atoms with van der Waals surface area (Å²) >= 11 is 6.05. The standard InChI is InChI=1S/C22H29ClN4O3/c1-24-22(26-13-12-25-21(28)17-7-5-6-8-18(17)23)27(2)14-11-16-9-10-19(29-3)20(15-16)30-4/h5-10,15H,11-14H2,1-4H3,(H,24,26)(H,25,28). The molecule has 0 heterocycles. The summed E-state index contributed by atoms with van der Waals surface area (Å²) < 4.78 is 10.6. The van der Waals surface area contributed by atoms with Crippen molar-refractivity contribution in [1.82, 2.24) is 15.5 Å². The van der Waals surface area contributed by atoms with Crippen LogP contribution in [0, 0.1) is 0 Å². The summed E-state index contributed by atoms with van der Waals surface area (Å²) in [5.74, 6) is 1.99. The number of carbonyl (C=O) groups is 1. The van der Waals surface area contributed by atoms with Gasteiger partial charge in [-0.25, -0.2) is 0 Å². The number of amides is 1. The summed E-state index contributed by atoms with van der Waals surface area (Å²) in [6, 6.07) is 12.9. The van der Waals surface area contributed by atoms with Gasteiger partial charge >= 0.3 is 0 Å². The van der Waals surface area contributed by atoms with Crippen LogP contribution in [0.4, 0.5) is 0 Å². The topological polar surface area (TPSA) is 75.2 Å². The lowest BCUT2D eigenvalue weighted by molar-refractivity contribution is 0.0954. The Morgan fingerprint density at radius 1 is 1.07 bits per heavy atom. The highest BCUT2D eigenvalue weighted by Gasteiger charge is 2.10. The number of nitrogens with zero attached hydrogens (tertiary/aromatic N) is 2. The molecule has 2 rings (SSSR count). The van der Waals surface area contributed by atoms with Crippen molar-refractivity contribution in [3.8, 4) is 11.5 Å². The third kappa shape index (κ3) is 6.56. The number of rotatable bonds is 9. The van der Waals surface area contributed by atoms with Gasteiger partial charge in [0.15, 0.2) is 17.5 Å². The number of aliphatic imine (C=N–C) groups is 1. The number of halogens is 1. The molecule has 0 aliphatic rings. The van der Waals surface area contributed by atoms with Gasteiger partial charge in [0.2, 0.25) is 0 Å². The number of hydrogen-bond acceptors (Lipinski definition) is 4. The van der Waals surface area contributed by atoms with Gasteiger partial charge in [-0.2, -0.15) is 0 Å². The first kappa shape index (κ1) is 23.3. The summed E-state index contributed by atoms with van der Waals surface area (Å²) in [4.78, 5) is 18.5. The molecule has 2 aromatic rings. The van der Waals surface area contributed by atoms with E-state index in [9.17, 15) is 4.79 Å². The van der Waals surface area contributed by atoms with Crippen LogP contribution in [0.5, 0.6) is 11.5 Å². The highest BCUT2D eigenvalue weighted by Crippen LogP contribution is 2.27. The summed E-state index contributed by atoms with van der Waals surface area (Å²) in [6.07, 6.45) is 0.820. The number of methoxy groups -OCH3 is 2. The van der Waals surface area contributed by atoms with E-state index in [4.69, 9.17) is 21.1 Å². The van der Waals surface area contributed by atoms with E-state index in [2.05, 4.69) is 15.6 Å². The molecule has 0 saturated carbocycles. The molecule has 0 spiro atoms. The maximum atomic E-state index is 12.2. The first-order valence-corrected chi connectivity index (χ1v) is 10.0. The zero-order chi connectivity index (χ0) is 21.9. The Kier molecular flexibility index (Phi) is 9.28. The van der Waals surface area contributed by atoms with Crippen LogP contribution < -0.4 is 20.1 Å². The molecule has 0 aromatic heterocycles. The Labute approximate surface area is 183 Å². The lowest BCUT2D eigenvalue weighted by Crippen LogP contribution is -2.43. The normalized spacial score (nSPS) is 11.0. The summed E-state index contributed by atoms with van der Waals surface area (Å²) in [5.41, 5.74) is 1.61. The summed E-state index contributed by atoms with van der Waals surface area (Å²) in [7, 11) is 6.96. The van der Waals surface area contributed by atoms with Crippen molar-refractivity contribution in [1.29, 1.82) is 0 Å². The van der Waals surface area contributed by atoms with Crippen molar-refractivity contribution in [3.63, 3.8) is 0 Å². The van der Waals surface area contributed by atoms with Crippen LogP contribution in [0.2, 0.25) is 5.02 Å². The van der Waals surface area contributed by atoms with Crippen LogP contribution in [0.25, 0.3) is 0 Å². The van der Waals surface area contributed by atoms with E-state index in [0.717, 1.165) is 30.2 Å². The van der Waals surface area contributed by atoms with Crippen molar-refractivity contribution in [2.75, 3.05) is 47.9 Å². The van der Waals surface area contributed by atoms with E-state index in [-0.39, 0.29) is 5.91 Å². The van der Waals surface area contributed by atoms with Crippen LogP contribution in [0.15, 0.2) is 47.5 Å². The lowest BCUT2D eigenvalue weighted by atomic mass is 10.1. The van der Waals surface area contributed by atoms with Crippen LogP contribution in [-0.4, -0.2) is 64.7 Å². The Balaban J connectivity index is 1.79. The smallest absolute Gasteiger partial charge is 0.252 e. The molecule has 1 amide bonds. The first-order valence-electron chi connectivity index (χ1n) is 9.65. The van der Waals surface area contributed by atoms with E-state index in [1.165, 1.54) is 0 Å². The van der Waals surface area contributed by atoms with E-state index in [1.807, 2.05) is 30.1 Å². The molecule has 2 aromatic carbocycles. The molecule has 0 atom stereocenters. The predicted molar refractivity (Wildman–Crippen MR) is 121 cm³/mol. The van der Waals surface area contributed by atoms with E-state index >= 15 is 0 Å². The number of likely N-dealkylation sites (N-methyl/N-ethyl adjacent to an activating group) is 1. The zero-order valence-corrected chi connectivity index (χ0v) is 18.6. The maximum absolute atomic E-state index is 12.2. The fourth-order valence-electron chi connectivity index (χ4n) is 2.91. The SMILES string of the molecule is CN=C(NCCNC(=O)c1ccccc1Cl)N(C)CCc1ccc(OC)c(OC)c1. The van der Waals surface area contributed by atoms with Gasteiger partial charge in [-0.15, -0.1) is 0 Å². The molecular weight excluding hydrogens is 404 g/mol. The number of ether oxygens (including phenoxy) is 2. The van der Waals surface area contributed by atoms with Crippen molar-refractivity contribution < 1.29 is 14.3 Å². The van der Waals surface area contributed by atoms with Gasteiger partial charge in [0, 0.05) is 33.7 Å². The highest BCUT2D eigenvalue weighted by atomic mass is 35.5. The number of guanidine groups is 1. The average Bonchev–Trinajstić information content (AvgIpc) is 2.77. The maximum Gasteiger partial charge on any atom is 0.252 e. The number of hydrogen-bond donors (Lipinski definition) is 2. The molecule has 0 radical (unpaired) electrons. The molecule has 0 unspecified atom stereocenters. The van der Waals surface area contributed by atoms with Crippen molar-refractivity contribution in [2.24, 2.45) is 4.99 Å². The van der Waals surface area contributed by atoms with E-state index < -0.39 is 0 Å². The van der Waals surface area contributed by atoms with Gasteiger partial charge < -0.3 is 25.0 Å². The number of carbonyl (C=O) groups excluding carboxylic acids is 1. The Hall–Kier alpha value is -2.93. The Bertz CT molecular complexity index is 873. The molecule has 0 bridgehead atoms. The van der Waals surface area contributed by atoms with Crippen molar-refractivity contribution in [2.45, 2.75) is 6.42 Å². The first-order chi connectivity index (χ1) is 14.5. The molecule has 7 nitrogen and oxygen atoms in total. The molecule has 0 aliphatic heterocycles. The monoisotopic (exact) mass is 432 g/mol. The molecule has 0 saturated heterocycles. The largest absolute Gasteiger partial charge is 0.493 e. The third-order valence-electron chi connectivity index (χ3n) is 4.57. The average molecular weight is 433 g/mol. The quantitative estimate of drug-likeness (QED) is 0.362. The lowest BCUT2D eigenvalue weighted by Gasteiger charge is -2.22. The van der Waals surface area contributed by atoms with Gasteiger partial charge in [0.25, 0.3) is 5.91 Å². The molecular formula is C22H29ClN4O3. The number of nitrogens with one attached hydrogen (secondary N) is 2. The Morgan fingerprint density at radius 3 is 2.43 bits per heavy atom. The minimum Gasteiger partial charge on any atom is -0.493 e. The second-order valence-electron chi connectivity index (χ2n) is 6.57. The van der Waals surface area contributed by atoms with Crippen molar-refractivity contribution >= 4 is 23.5 Å². The second kappa shape index (κ2) is 11.9. The fourth-order valence-corrected chi connectivity index (χ4v) is 3.14. The second-order valence-corrected chi connectivity index (χ2v) is 6.98. The summed E-state index contributed by atoms with van der Waals surface area (Å²) in [5, 5.41) is 6.54. The van der Waals surface area contributed by atoms with Crippen LogP contribution in [0.3, 0.4) is 0 Å². The zero-order valence-electron chi connectivity index (χ0n) is 17.9. The Morgan fingerprint density at radius 2 is 1.77 bits per heavy atom. The van der Waals surface area contributed by atoms with Crippen LogP contribution >= 0.6 is 11.6 Å². The molecule has 30 heavy (non-hydrogen) atoms. The van der Waals surface area contributed by atoms with Gasteiger partial charge in [-0.3, -0.25) is 9.79 Å². The fraction of sp³-hybridized carbons (Fsp3) is 0.364. The molecule has 2 N–H and O–H groups in total. The van der Waals surface area contributed by atoms with E-state index in [1.54, 1.807) is 45.5 Å². The number of benzene rings is 2. The van der Waals surface area contributed by atoms with Crippen LogP contribution in [0.1, 0.15) is 15.9 Å². The minimum atomic E-state index is -0.195. The molecule has 8 heteroatoms. The summed E-state index contributed by atoms with van der Waals surface area (Å²) in [6.45, 7) is 1.76. The molecule has 0 fully saturated rings. The van der Waals surface area contributed by atoms with Gasteiger partial charge in [0.1, 0.15) is 0 Å². The molecule has 162 valence electrons. The predicted octanol–water partition coefficient (Wildman–Crippen LogP) is 2.84. The third-order valence-corrected chi connectivity index (χ3v) is 4.90. The van der Waals surface area contributed by atoms with Gasteiger partial charge in [0.05, 0.1) is 24.8 Å². The van der Waals surface area contributed by atoms with Crippen LogP contribution in [-0.2, 0) is 6.42 Å².